The van der Waals surface area contributed by atoms with Crippen LogP contribution in [0.5, 0.6) is 0 Å². The van der Waals surface area contributed by atoms with Crippen molar-refractivity contribution in [2.24, 2.45) is 0 Å². The summed E-state index contributed by atoms with van der Waals surface area (Å²) in [6.45, 7) is 0. The van der Waals surface area contributed by atoms with Gasteiger partial charge in [0.2, 0.25) is 0 Å². The van der Waals surface area contributed by atoms with E-state index in [1.165, 1.54) is 30.5 Å². The lowest BCUT2D eigenvalue weighted by Gasteiger charge is -2.24. The predicted octanol–water partition coefficient (Wildman–Crippen LogP) is 4.42. The number of anilines is 1. The van der Waals surface area contributed by atoms with E-state index < -0.39 is 0 Å². The van der Waals surface area contributed by atoms with Crippen LogP contribution in [0.4, 0.5) is 5.69 Å². The number of benzene rings is 1. The Hall–Kier alpha value is -2.07. The van der Waals surface area contributed by atoms with Crippen molar-refractivity contribution in [1.82, 2.24) is 9.78 Å². The second-order valence-corrected chi connectivity index (χ2v) is 6.39. The van der Waals surface area contributed by atoms with E-state index in [1.807, 2.05) is 28.3 Å². The number of aryl methyl sites for hydroxylation is 1. The first-order chi connectivity index (χ1) is 10.4. The second kappa shape index (κ2) is 5.37. The molecule has 0 fully saturated rings. The largest absolute Gasteiger partial charge is 0.378 e. The average Bonchev–Trinajstić information content (AvgIpc) is 3.20. The summed E-state index contributed by atoms with van der Waals surface area (Å²) in [5, 5.41) is 10.1. The second-order valence-electron chi connectivity index (χ2n) is 5.39. The summed E-state index contributed by atoms with van der Waals surface area (Å²) >= 11 is 1.89. The molecule has 4 rings (SSSR count). The van der Waals surface area contributed by atoms with Gasteiger partial charge in [0.25, 0.3) is 0 Å². The number of rotatable bonds is 3. The van der Waals surface area contributed by atoms with Crippen molar-refractivity contribution in [2.45, 2.75) is 25.3 Å². The van der Waals surface area contributed by atoms with Crippen LogP contribution in [0.15, 0.2) is 54.2 Å². The van der Waals surface area contributed by atoms with E-state index in [2.05, 4.69) is 46.1 Å². The Morgan fingerprint density at radius 3 is 2.90 bits per heavy atom. The molecule has 2 aromatic heterocycles. The molecule has 3 aromatic rings. The highest BCUT2D eigenvalue weighted by Crippen LogP contribution is 2.35. The van der Waals surface area contributed by atoms with Gasteiger partial charge < -0.3 is 5.32 Å². The van der Waals surface area contributed by atoms with Gasteiger partial charge in [-0.3, -0.25) is 0 Å². The molecule has 1 unspecified atom stereocenters. The zero-order chi connectivity index (χ0) is 14.1. The molecule has 4 heteroatoms. The molecule has 1 aromatic carbocycles. The molecule has 0 bridgehead atoms. The third kappa shape index (κ3) is 2.47. The molecule has 1 atom stereocenters. The molecule has 1 aliphatic rings. The van der Waals surface area contributed by atoms with Gasteiger partial charge in [0.15, 0.2) is 0 Å². The average molecular weight is 295 g/mol. The van der Waals surface area contributed by atoms with Gasteiger partial charge in [-0.2, -0.15) is 5.10 Å². The fraction of sp³-hybridized carbons (Fsp3) is 0.235. The Morgan fingerprint density at radius 2 is 2.10 bits per heavy atom. The van der Waals surface area contributed by atoms with E-state index in [9.17, 15) is 0 Å². The minimum absolute atomic E-state index is 0.454. The first kappa shape index (κ1) is 12.7. The lowest BCUT2D eigenvalue weighted by atomic mass is 9.94. The van der Waals surface area contributed by atoms with Crippen molar-refractivity contribution in [3.8, 4) is 5.69 Å². The van der Waals surface area contributed by atoms with E-state index >= 15 is 0 Å². The first-order valence-electron chi connectivity index (χ1n) is 7.33. The monoisotopic (exact) mass is 295 g/mol. The normalized spacial score (nSPS) is 17.4. The highest BCUT2D eigenvalue weighted by atomic mass is 32.1. The number of nitrogens with one attached hydrogen (secondary N) is 1. The SMILES string of the molecule is c1cnn(-c2ccc(NC3CCCc4sccc43)cc2)c1. The number of nitrogens with zero attached hydrogens (tertiary/aromatic N) is 2. The van der Waals surface area contributed by atoms with Gasteiger partial charge in [0.05, 0.1) is 11.7 Å². The van der Waals surface area contributed by atoms with Gasteiger partial charge in [-0.15, -0.1) is 11.3 Å². The molecular weight excluding hydrogens is 278 g/mol. The Balaban J connectivity index is 1.54. The van der Waals surface area contributed by atoms with Crippen molar-refractivity contribution >= 4 is 17.0 Å². The zero-order valence-electron chi connectivity index (χ0n) is 11.7. The molecule has 0 spiro atoms. The molecule has 2 heterocycles. The molecule has 0 saturated carbocycles. The lowest BCUT2D eigenvalue weighted by molar-refractivity contribution is 0.609. The first-order valence-corrected chi connectivity index (χ1v) is 8.21. The van der Waals surface area contributed by atoms with Crippen LogP contribution in [-0.2, 0) is 6.42 Å². The molecule has 1 aliphatic carbocycles. The molecule has 21 heavy (non-hydrogen) atoms. The highest BCUT2D eigenvalue weighted by molar-refractivity contribution is 7.10. The van der Waals surface area contributed by atoms with Crippen LogP contribution in [0.2, 0.25) is 0 Å². The van der Waals surface area contributed by atoms with Crippen LogP contribution in [-0.4, -0.2) is 9.78 Å². The van der Waals surface area contributed by atoms with Crippen molar-refractivity contribution < 1.29 is 0 Å². The van der Waals surface area contributed by atoms with Gasteiger partial charge in [0.1, 0.15) is 0 Å². The third-order valence-corrected chi connectivity index (χ3v) is 5.03. The van der Waals surface area contributed by atoms with E-state index in [-0.39, 0.29) is 0 Å². The smallest absolute Gasteiger partial charge is 0.0647 e. The van der Waals surface area contributed by atoms with Gasteiger partial charge in [-0.1, -0.05) is 0 Å². The van der Waals surface area contributed by atoms with Crippen LogP contribution < -0.4 is 5.32 Å². The number of aromatic nitrogens is 2. The van der Waals surface area contributed by atoms with E-state index in [1.54, 1.807) is 11.1 Å². The Labute approximate surface area is 128 Å². The zero-order valence-corrected chi connectivity index (χ0v) is 12.5. The number of hydrogen-bond acceptors (Lipinski definition) is 3. The third-order valence-electron chi connectivity index (χ3n) is 4.03. The van der Waals surface area contributed by atoms with E-state index in [4.69, 9.17) is 0 Å². The standard InChI is InChI=1S/C17H17N3S/c1-3-16(15-9-12-21-17(15)4-1)19-13-5-7-14(8-6-13)20-11-2-10-18-20/h2,5-12,16,19H,1,3-4H2. The minimum Gasteiger partial charge on any atom is -0.378 e. The van der Waals surface area contributed by atoms with E-state index in [0.29, 0.717) is 6.04 Å². The Morgan fingerprint density at radius 1 is 1.19 bits per heavy atom. The molecule has 3 nitrogen and oxygen atoms in total. The van der Waals surface area contributed by atoms with Gasteiger partial charge >= 0.3 is 0 Å². The van der Waals surface area contributed by atoms with Crippen molar-refractivity contribution in [3.63, 3.8) is 0 Å². The Kier molecular flexibility index (Phi) is 3.24. The summed E-state index contributed by atoms with van der Waals surface area (Å²) in [4.78, 5) is 1.55. The van der Waals surface area contributed by atoms with Crippen LogP contribution in [0.1, 0.15) is 29.3 Å². The molecule has 0 radical (unpaired) electrons. The molecule has 1 N–H and O–H groups in total. The van der Waals surface area contributed by atoms with Crippen molar-refractivity contribution in [1.29, 1.82) is 0 Å². The highest BCUT2D eigenvalue weighted by Gasteiger charge is 2.20. The van der Waals surface area contributed by atoms with Crippen molar-refractivity contribution in [2.75, 3.05) is 5.32 Å². The fourth-order valence-electron chi connectivity index (χ4n) is 2.97. The van der Waals surface area contributed by atoms with Crippen LogP contribution >= 0.6 is 11.3 Å². The molecule has 0 saturated heterocycles. The van der Waals surface area contributed by atoms with Crippen LogP contribution in [0.25, 0.3) is 5.69 Å². The lowest BCUT2D eigenvalue weighted by Crippen LogP contribution is -2.15. The summed E-state index contributed by atoms with van der Waals surface area (Å²) in [6.07, 6.45) is 7.48. The van der Waals surface area contributed by atoms with Gasteiger partial charge in [-0.05, 0) is 66.6 Å². The number of thiophene rings is 1. The summed E-state index contributed by atoms with van der Waals surface area (Å²) < 4.78 is 1.88. The number of fused-ring (bicyclic) bond motifs is 1. The van der Waals surface area contributed by atoms with Gasteiger partial charge in [0, 0.05) is 23.0 Å². The molecular formula is C17H17N3S. The summed E-state index contributed by atoms with van der Waals surface area (Å²) in [5.74, 6) is 0. The van der Waals surface area contributed by atoms with E-state index in [0.717, 1.165) is 5.69 Å². The maximum absolute atomic E-state index is 4.25. The summed E-state index contributed by atoms with van der Waals surface area (Å²) in [5.41, 5.74) is 3.75. The summed E-state index contributed by atoms with van der Waals surface area (Å²) in [6, 6.07) is 13.1. The van der Waals surface area contributed by atoms with Crippen molar-refractivity contribution in [3.05, 3.63) is 64.6 Å². The molecule has 106 valence electrons. The predicted molar refractivity (Wildman–Crippen MR) is 87.2 cm³/mol. The summed E-state index contributed by atoms with van der Waals surface area (Å²) in [7, 11) is 0. The number of hydrogen-bond donors (Lipinski definition) is 1. The fourth-order valence-corrected chi connectivity index (χ4v) is 3.96. The van der Waals surface area contributed by atoms with Gasteiger partial charge in [-0.25, -0.2) is 4.68 Å². The quantitative estimate of drug-likeness (QED) is 0.775. The maximum Gasteiger partial charge on any atom is 0.0647 e. The Bertz CT molecular complexity index is 713. The molecule has 0 amide bonds. The van der Waals surface area contributed by atoms with Crippen LogP contribution in [0, 0.1) is 0 Å². The maximum atomic E-state index is 4.25. The minimum atomic E-state index is 0.454. The topological polar surface area (TPSA) is 29.9 Å². The van der Waals surface area contributed by atoms with Crippen LogP contribution in [0.3, 0.4) is 0 Å². The molecule has 0 aliphatic heterocycles.